The Hall–Kier alpha value is -3.15. The monoisotopic (exact) mass is 425 g/mol. The maximum Gasteiger partial charge on any atom is 0.294 e. The van der Waals surface area contributed by atoms with Crippen LogP contribution in [-0.4, -0.2) is 36.9 Å². The molecule has 0 bridgehead atoms. The van der Waals surface area contributed by atoms with E-state index in [0.29, 0.717) is 24.7 Å². The van der Waals surface area contributed by atoms with Gasteiger partial charge in [0.1, 0.15) is 11.6 Å². The molecule has 0 atom stereocenters. The molecule has 1 aliphatic heterocycles. The normalized spacial score (nSPS) is 15.5. The Morgan fingerprint density at radius 3 is 2.33 bits per heavy atom. The molecule has 0 aliphatic carbocycles. The van der Waals surface area contributed by atoms with E-state index in [1.165, 1.54) is 36.0 Å². The van der Waals surface area contributed by atoms with Crippen molar-refractivity contribution in [3.05, 3.63) is 71.9 Å². The van der Waals surface area contributed by atoms with Crippen LogP contribution in [0.3, 0.4) is 0 Å². The predicted octanol–water partition coefficient (Wildman–Crippen LogP) is 3.23. The fraction of sp³-hybridized carbons (Fsp3) is 0.273. The lowest BCUT2D eigenvalue weighted by atomic mass is 9.90. The minimum atomic E-state index is -4.26. The Balaban J connectivity index is 1.56. The Kier molecular flexibility index (Phi) is 6.87. The molecule has 7 nitrogen and oxygen atoms in total. The van der Waals surface area contributed by atoms with Crippen LogP contribution in [0.2, 0.25) is 0 Å². The maximum absolute atomic E-state index is 12.7. The summed E-state index contributed by atoms with van der Waals surface area (Å²) >= 11 is 0. The zero-order valence-corrected chi connectivity index (χ0v) is 17.2. The second-order valence-electron chi connectivity index (χ2n) is 7.24. The molecular weight excluding hydrogens is 402 g/mol. The van der Waals surface area contributed by atoms with E-state index in [1.54, 1.807) is 4.90 Å². The van der Waals surface area contributed by atoms with Gasteiger partial charge in [0.2, 0.25) is 0 Å². The second-order valence-corrected chi connectivity index (χ2v) is 8.66. The van der Waals surface area contributed by atoms with Crippen molar-refractivity contribution < 1.29 is 17.8 Å². The van der Waals surface area contributed by atoms with E-state index in [0.717, 1.165) is 19.3 Å². The highest BCUT2D eigenvalue weighted by Crippen LogP contribution is 2.23. The summed E-state index contributed by atoms with van der Waals surface area (Å²) in [5.74, 6) is 0.197. The van der Waals surface area contributed by atoms with Gasteiger partial charge in [-0.1, -0.05) is 30.3 Å². The Bertz CT molecular complexity index is 1050. The van der Waals surface area contributed by atoms with Crippen LogP contribution in [0.25, 0.3) is 0 Å². The number of amides is 1. The van der Waals surface area contributed by atoms with Gasteiger partial charge in [0.05, 0.1) is 4.90 Å². The molecule has 0 spiro atoms. The molecule has 0 aromatic heterocycles. The van der Waals surface area contributed by atoms with Gasteiger partial charge in [0.15, 0.2) is 0 Å². The number of piperidine rings is 1. The van der Waals surface area contributed by atoms with Gasteiger partial charge in [-0.05, 0) is 55.0 Å². The van der Waals surface area contributed by atoms with Crippen LogP contribution in [0, 0.1) is 17.2 Å². The summed E-state index contributed by atoms with van der Waals surface area (Å²) in [7, 11) is -4.26. The molecule has 1 amide bonds. The van der Waals surface area contributed by atoms with Crippen LogP contribution in [0.5, 0.6) is 0 Å². The van der Waals surface area contributed by atoms with E-state index in [-0.39, 0.29) is 16.4 Å². The molecule has 2 aromatic carbocycles. The lowest BCUT2D eigenvalue weighted by Gasteiger charge is -2.32. The third-order valence-electron chi connectivity index (χ3n) is 5.16. The van der Waals surface area contributed by atoms with Crippen molar-refractivity contribution in [2.24, 2.45) is 5.92 Å². The Labute approximate surface area is 176 Å². The van der Waals surface area contributed by atoms with Crippen molar-refractivity contribution in [3.63, 3.8) is 0 Å². The third-order valence-corrected chi connectivity index (χ3v) is 6.02. The van der Waals surface area contributed by atoms with Crippen LogP contribution in [0.4, 0.5) is 5.69 Å². The minimum Gasteiger partial charge on any atom is -0.360 e. The molecule has 0 radical (unpaired) electrons. The molecule has 1 heterocycles. The van der Waals surface area contributed by atoms with E-state index in [1.807, 2.05) is 24.3 Å². The molecule has 1 saturated heterocycles. The van der Waals surface area contributed by atoms with Gasteiger partial charge in [0.25, 0.3) is 16.0 Å². The Morgan fingerprint density at radius 2 is 1.77 bits per heavy atom. The summed E-state index contributed by atoms with van der Waals surface area (Å²) in [4.78, 5) is 14.1. The van der Waals surface area contributed by atoms with Crippen LogP contribution < -0.4 is 5.32 Å². The van der Waals surface area contributed by atoms with Crippen molar-refractivity contribution >= 4 is 21.7 Å². The number of nitriles is 1. The van der Waals surface area contributed by atoms with Gasteiger partial charge in [-0.2, -0.15) is 13.7 Å². The zero-order chi connectivity index (χ0) is 21.6. The smallest absolute Gasteiger partial charge is 0.294 e. The highest BCUT2D eigenvalue weighted by molar-refractivity contribution is 7.85. The summed E-state index contributed by atoms with van der Waals surface area (Å²) in [6.45, 7) is 1.22. The topological polar surface area (TPSA) is 111 Å². The molecule has 2 aromatic rings. The van der Waals surface area contributed by atoms with E-state index >= 15 is 0 Å². The van der Waals surface area contributed by atoms with Gasteiger partial charge in [-0.15, -0.1) is 0 Å². The molecule has 8 heteroatoms. The summed E-state index contributed by atoms with van der Waals surface area (Å²) in [6, 6.07) is 17.6. The fourth-order valence-corrected chi connectivity index (χ4v) is 3.96. The van der Waals surface area contributed by atoms with Crippen LogP contribution in [0.15, 0.2) is 71.3 Å². The molecule has 3 rings (SSSR count). The molecule has 1 fully saturated rings. The molecule has 0 unspecified atom stereocenters. The molecular formula is C22H23N3O4S. The van der Waals surface area contributed by atoms with E-state index in [2.05, 4.69) is 17.4 Å². The van der Waals surface area contributed by atoms with E-state index in [4.69, 9.17) is 4.55 Å². The van der Waals surface area contributed by atoms with Crippen LogP contribution >= 0.6 is 0 Å². The number of nitrogens with one attached hydrogen (secondary N) is 1. The van der Waals surface area contributed by atoms with Crippen molar-refractivity contribution in [2.45, 2.75) is 24.2 Å². The molecule has 0 saturated carbocycles. The minimum absolute atomic E-state index is 0.0182. The molecule has 30 heavy (non-hydrogen) atoms. The Morgan fingerprint density at radius 1 is 1.13 bits per heavy atom. The van der Waals surface area contributed by atoms with Gasteiger partial charge in [-0.3, -0.25) is 9.35 Å². The molecule has 1 aliphatic rings. The van der Waals surface area contributed by atoms with Crippen LogP contribution in [-0.2, 0) is 21.3 Å². The highest BCUT2D eigenvalue weighted by Gasteiger charge is 2.25. The SMILES string of the molecule is N#C/C(=C/Nc1ccc(S(=O)(=O)O)cc1)C(=O)N1CCC(Cc2ccccc2)CC1. The number of nitrogens with zero attached hydrogens (tertiary/aromatic N) is 2. The van der Waals surface area contributed by atoms with Crippen molar-refractivity contribution in [2.75, 3.05) is 18.4 Å². The lowest BCUT2D eigenvalue weighted by Crippen LogP contribution is -2.39. The van der Waals surface area contributed by atoms with E-state index in [9.17, 15) is 18.5 Å². The van der Waals surface area contributed by atoms with Crippen molar-refractivity contribution in [1.29, 1.82) is 5.26 Å². The summed E-state index contributed by atoms with van der Waals surface area (Å²) < 4.78 is 31.2. The first-order chi connectivity index (χ1) is 14.4. The number of likely N-dealkylation sites (tertiary alicyclic amines) is 1. The van der Waals surface area contributed by atoms with Crippen molar-refractivity contribution in [1.82, 2.24) is 4.90 Å². The van der Waals surface area contributed by atoms with Gasteiger partial charge >= 0.3 is 0 Å². The first-order valence-electron chi connectivity index (χ1n) is 9.64. The summed E-state index contributed by atoms with van der Waals surface area (Å²) in [5, 5.41) is 12.2. The number of hydrogen-bond acceptors (Lipinski definition) is 5. The number of carbonyl (C=O) groups is 1. The number of rotatable bonds is 6. The van der Waals surface area contributed by atoms with Crippen molar-refractivity contribution in [3.8, 4) is 6.07 Å². The first kappa shape index (κ1) is 21.6. The average molecular weight is 426 g/mol. The molecule has 2 N–H and O–H groups in total. The average Bonchev–Trinajstić information content (AvgIpc) is 2.75. The molecule has 156 valence electrons. The summed E-state index contributed by atoms with van der Waals surface area (Å²) in [6.07, 6.45) is 4.10. The second kappa shape index (κ2) is 9.57. The first-order valence-corrected chi connectivity index (χ1v) is 11.1. The zero-order valence-electron chi connectivity index (χ0n) is 16.4. The number of benzene rings is 2. The third kappa shape index (κ3) is 5.69. The predicted molar refractivity (Wildman–Crippen MR) is 113 cm³/mol. The number of carbonyl (C=O) groups excluding carboxylic acids is 1. The van der Waals surface area contributed by atoms with Crippen LogP contribution in [0.1, 0.15) is 18.4 Å². The standard InChI is InChI=1S/C22H23N3O4S/c23-15-19(16-24-20-6-8-21(9-7-20)30(27,28)29)22(26)25-12-10-18(11-13-25)14-17-4-2-1-3-5-17/h1-9,16,18,24H,10-14H2,(H,27,28,29)/b19-16-. The number of anilines is 1. The van der Waals surface area contributed by atoms with E-state index < -0.39 is 10.1 Å². The number of hydrogen-bond donors (Lipinski definition) is 2. The highest BCUT2D eigenvalue weighted by atomic mass is 32.2. The fourth-order valence-electron chi connectivity index (χ4n) is 3.48. The van der Waals surface area contributed by atoms with Gasteiger partial charge in [0, 0.05) is 25.0 Å². The van der Waals surface area contributed by atoms with Gasteiger partial charge in [-0.25, -0.2) is 0 Å². The lowest BCUT2D eigenvalue weighted by molar-refractivity contribution is -0.128. The largest absolute Gasteiger partial charge is 0.360 e. The maximum atomic E-state index is 12.7. The quantitative estimate of drug-likeness (QED) is 0.418. The summed E-state index contributed by atoms with van der Waals surface area (Å²) in [5.41, 5.74) is 1.77. The van der Waals surface area contributed by atoms with Gasteiger partial charge < -0.3 is 10.2 Å².